The molecule has 0 aliphatic carbocycles. The fraction of sp³-hybridized carbons (Fsp3) is 0.519. The molecule has 1 heterocycles. The van der Waals surface area contributed by atoms with E-state index in [0.717, 1.165) is 12.8 Å². The Kier molecular flexibility index (Phi) is 14.1. The largest absolute Gasteiger partial charge is 0.507 e. The van der Waals surface area contributed by atoms with Gasteiger partial charge in [0.2, 0.25) is 0 Å². The second-order valence-corrected chi connectivity index (χ2v) is 8.38. The third kappa shape index (κ3) is 10.7. The number of carbonyl (C=O) groups excluding carboxylic acids is 2. The Morgan fingerprint density at radius 1 is 1.15 bits per heavy atom. The summed E-state index contributed by atoms with van der Waals surface area (Å²) in [5, 5.41) is 12.8. The number of hydrogen-bond donors (Lipinski definition) is 2. The summed E-state index contributed by atoms with van der Waals surface area (Å²) >= 11 is 0. The van der Waals surface area contributed by atoms with Gasteiger partial charge < -0.3 is 14.3 Å². The van der Waals surface area contributed by atoms with Gasteiger partial charge >= 0.3 is 11.7 Å². The Morgan fingerprint density at radius 3 is 2.53 bits per heavy atom. The maximum atomic E-state index is 12.7. The Bertz CT molecular complexity index is 926. The van der Waals surface area contributed by atoms with Crippen LogP contribution in [0.25, 0.3) is 0 Å². The zero-order chi connectivity index (χ0) is 25.3. The molecule has 0 bridgehead atoms. The molecule has 0 radical (unpaired) electrons. The molecule has 0 saturated carbocycles. The number of carbonyl (C=O) groups is 2. The van der Waals surface area contributed by atoms with Crippen LogP contribution in [0.4, 0.5) is 4.79 Å². The van der Waals surface area contributed by atoms with Gasteiger partial charge in [-0.2, -0.15) is 0 Å². The molecular formula is C27H39NO6. The van der Waals surface area contributed by atoms with Crippen LogP contribution in [0, 0.1) is 0 Å². The van der Waals surface area contributed by atoms with Gasteiger partial charge in [-0.1, -0.05) is 70.3 Å². The summed E-state index contributed by atoms with van der Waals surface area (Å²) in [6.07, 6.45) is 17.7. The SMILES string of the molecule is CCCCCCCC/C=C/C=C(\C)C(=O)c1c(O)cc([C@H](C)CC/C=C/NC(=O)OC)oc1=O. The number of unbranched alkanes of at least 4 members (excludes halogenated alkanes) is 6. The lowest BCUT2D eigenvalue weighted by molar-refractivity contribution is 0.102. The third-order valence-corrected chi connectivity index (χ3v) is 5.50. The molecule has 0 fully saturated rings. The molecular weight excluding hydrogens is 434 g/mol. The highest BCUT2D eigenvalue weighted by Gasteiger charge is 2.21. The predicted molar refractivity (Wildman–Crippen MR) is 134 cm³/mol. The molecule has 1 aromatic heterocycles. The van der Waals surface area contributed by atoms with Gasteiger partial charge in [-0.05, 0) is 38.2 Å². The lowest BCUT2D eigenvalue weighted by Crippen LogP contribution is -2.16. The summed E-state index contributed by atoms with van der Waals surface area (Å²) in [5.74, 6) is -0.804. The zero-order valence-corrected chi connectivity index (χ0v) is 20.9. The highest BCUT2D eigenvalue weighted by Crippen LogP contribution is 2.26. The molecule has 0 unspecified atom stereocenters. The van der Waals surface area contributed by atoms with E-state index in [4.69, 9.17) is 4.42 Å². The van der Waals surface area contributed by atoms with E-state index < -0.39 is 17.5 Å². The van der Waals surface area contributed by atoms with Gasteiger partial charge in [-0.15, -0.1) is 0 Å². The first-order valence-electron chi connectivity index (χ1n) is 12.1. The van der Waals surface area contributed by atoms with Gasteiger partial charge in [-0.25, -0.2) is 9.59 Å². The quantitative estimate of drug-likeness (QED) is 0.130. The van der Waals surface area contributed by atoms with E-state index in [9.17, 15) is 19.5 Å². The van der Waals surface area contributed by atoms with E-state index in [2.05, 4.69) is 17.0 Å². The van der Waals surface area contributed by atoms with Crippen LogP contribution in [0.2, 0.25) is 0 Å². The lowest BCUT2D eigenvalue weighted by atomic mass is 10.00. The molecule has 188 valence electrons. The van der Waals surface area contributed by atoms with Gasteiger partial charge in [0.05, 0.1) is 7.11 Å². The van der Waals surface area contributed by atoms with Crippen molar-refractivity contribution in [2.75, 3.05) is 7.11 Å². The van der Waals surface area contributed by atoms with Crippen molar-refractivity contribution in [1.29, 1.82) is 0 Å². The topological polar surface area (TPSA) is 106 Å². The fourth-order valence-corrected chi connectivity index (χ4v) is 3.33. The molecule has 2 N–H and O–H groups in total. The van der Waals surface area contributed by atoms with E-state index in [-0.39, 0.29) is 17.2 Å². The number of aromatic hydroxyl groups is 1. The second kappa shape index (κ2) is 16.5. The number of Topliss-reactive ketones (excluding diaryl/α,β-unsaturated/α-hetero) is 1. The molecule has 0 aliphatic rings. The molecule has 1 aromatic rings. The van der Waals surface area contributed by atoms with Crippen molar-refractivity contribution in [1.82, 2.24) is 5.32 Å². The van der Waals surface area contributed by atoms with E-state index in [0.29, 0.717) is 24.2 Å². The van der Waals surface area contributed by atoms with Gasteiger partial charge in [0.25, 0.3) is 0 Å². The molecule has 0 aliphatic heterocycles. The molecule has 7 nitrogen and oxygen atoms in total. The van der Waals surface area contributed by atoms with E-state index in [1.165, 1.54) is 51.5 Å². The van der Waals surface area contributed by atoms with Crippen molar-refractivity contribution in [2.45, 2.75) is 84.5 Å². The minimum Gasteiger partial charge on any atom is -0.507 e. The molecule has 1 rings (SSSR count). The smallest absolute Gasteiger partial charge is 0.410 e. The Labute approximate surface area is 202 Å². The number of methoxy groups -OCH3 is 1. The molecule has 0 aromatic carbocycles. The first-order chi connectivity index (χ1) is 16.3. The van der Waals surface area contributed by atoms with E-state index >= 15 is 0 Å². The van der Waals surface area contributed by atoms with Crippen molar-refractivity contribution < 1.29 is 23.8 Å². The van der Waals surface area contributed by atoms with Gasteiger partial charge in [0, 0.05) is 18.2 Å². The third-order valence-electron chi connectivity index (χ3n) is 5.50. The second-order valence-electron chi connectivity index (χ2n) is 8.38. The molecule has 1 atom stereocenters. The number of ether oxygens (including phenoxy) is 1. The van der Waals surface area contributed by atoms with E-state index in [1.54, 1.807) is 19.1 Å². The molecule has 1 amide bonds. The summed E-state index contributed by atoms with van der Waals surface area (Å²) in [5.41, 5.74) is -0.847. The number of nitrogens with one attached hydrogen (secondary N) is 1. The maximum absolute atomic E-state index is 12.7. The molecule has 0 spiro atoms. The number of alkyl carbamates (subject to hydrolysis) is 1. The number of rotatable bonds is 15. The molecule has 34 heavy (non-hydrogen) atoms. The van der Waals surface area contributed by atoms with Crippen LogP contribution in [-0.2, 0) is 4.74 Å². The fourth-order valence-electron chi connectivity index (χ4n) is 3.33. The Morgan fingerprint density at radius 2 is 1.85 bits per heavy atom. The van der Waals surface area contributed by atoms with Gasteiger partial charge in [0.15, 0.2) is 5.78 Å². The van der Waals surface area contributed by atoms with Gasteiger partial charge in [0.1, 0.15) is 17.1 Å². The average Bonchev–Trinajstić information content (AvgIpc) is 2.81. The number of amides is 1. The molecule has 0 saturated heterocycles. The van der Waals surface area contributed by atoms with Crippen LogP contribution < -0.4 is 10.9 Å². The summed E-state index contributed by atoms with van der Waals surface area (Å²) < 4.78 is 9.80. The number of ketones is 1. The monoisotopic (exact) mass is 473 g/mol. The van der Waals surface area contributed by atoms with Gasteiger partial charge in [-0.3, -0.25) is 10.1 Å². The summed E-state index contributed by atoms with van der Waals surface area (Å²) in [6.45, 7) is 5.66. The Hall–Kier alpha value is -3.09. The zero-order valence-electron chi connectivity index (χ0n) is 20.9. The predicted octanol–water partition coefficient (Wildman–Crippen LogP) is 6.53. The summed E-state index contributed by atoms with van der Waals surface area (Å²) in [4.78, 5) is 36.1. The first kappa shape index (κ1) is 28.9. The van der Waals surface area contributed by atoms with Crippen molar-refractivity contribution >= 4 is 11.9 Å². The first-order valence-corrected chi connectivity index (χ1v) is 12.1. The van der Waals surface area contributed by atoms with Crippen molar-refractivity contribution in [2.24, 2.45) is 0 Å². The van der Waals surface area contributed by atoms with Crippen molar-refractivity contribution in [3.05, 3.63) is 63.9 Å². The van der Waals surface area contributed by atoms with Crippen molar-refractivity contribution in [3.8, 4) is 5.75 Å². The van der Waals surface area contributed by atoms with Crippen LogP contribution >= 0.6 is 0 Å². The minimum absolute atomic E-state index is 0.174. The normalized spacial score (nSPS) is 12.9. The van der Waals surface area contributed by atoms with Crippen LogP contribution in [-0.4, -0.2) is 24.1 Å². The average molecular weight is 474 g/mol. The Balaban J connectivity index is 2.66. The minimum atomic E-state index is -0.849. The lowest BCUT2D eigenvalue weighted by Gasteiger charge is -2.11. The highest BCUT2D eigenvalue weighted by atomic mass is 16.5. The standard InChI is InChI=1S/C27H39NO6/c1-5-6-7-8-9-10-11-12-13-17-21(3)25(30)24-22(29)19-23(34-26(24)31)20(2)16-14-15-18-28-27(32)33-4/h12-13,15,17-20,29H,5-11,14,16H2,1-4H3,(H,28,32)/b13-12+,18-15+,21-17+/t20-/m1/s1. The van der Waals surface area contributed by atoms with Crippen LogP contribution in [0.3, 0.4) is 0 Å². The maximum Gasteiger partial charge on any atom is 0.410 e. The van der Waals surface area contributed by atoms with Crippen LogP contribution in [0.1, 0.15) is 101 Å². The summed E-state index contributed by atoms with van der Waals surface area (Å²) in [6, 6.07) is 1.33. The number of hydrogen-bond acceptors (Lipinski definition) is 6. The highest BCUT2D eigenvalue weighted by molar-refractivity contribution is 6.09. The van der Waals surface area contributed by atoms with Crippen LogP contribution in [0.15, 0.2) is 51.4 Å². The van der Waals surface area contributed by atoms with Crippen molar-refractivity contribution in [3.63, 3.8) is 0 Å². The molecule has 7 heteroatoms. The van der Waals surface area contributed by atoms with Crippen LogP contribution in [0.5, 0.6) is 5.75 Å². The summed E-state index contributed by atoms with van der Waals surface area (Å²) in [7, 11) is 1.28. The number of allylic oxidation sites excluding steroid dienone is 5. The van der Waals surface area contributed by atoms with E-state index in [1.807, 2.05) is 19.1 Å².